The van der Waals surface area contributed by atoms with Crippen LogP contribution in [0.4, 0.5) is 13.2 Å². The molecule has 110 valence electrons. The molecule has 20 heavy (non-hydrogen) atoms. The highest BCUT2D eigenvalue weighted by atomic mass is 19.4. The Morgan fingerprint density at radius 1 is 1.25 bits per heavy atom. The molecule has 0 spiro atoms. The van der Waals surface area contributed by atoms with Crippen molar-refractivity contribution in [3.63, 3.8) is 0 Å². The molecule has 2 rings (SSSR count). The van der Waals surface area contributed by atoms with E-state index in [1.807, 2.05) is 0 Å². The van der Waals surface area contributed by atoms with E-state index in [9.17, 15) is 18.0 Å². The monoisotopic (exact) mass is 288 g/mol. The predicted molar refractivity (Wildman–Crippen MR) is 65.0 cm³/mol. The van der Waals surface area contributed by atoms with Crippen LogP contribution in [0.3, 0.4) is 0 Å². The lowest BCUT2D eigenvalue weighted by Crippen LogP contribution is -2.28. The maximum Gasteiger partial charge on any atom is 0.573 e. The second-order valence-electron chi connectivity index (χ2n) is 4.87. The van der Waals surface area contributed by atoms with Gasteiger partial charge in [0.1, 0.15) is 11.4 Å². The molecule has 0 bridgehead atoms. The zero-order valence-electron chi connectivity index (χ0n) is 11.0. The van der Waals surface area contributed by atoms with Gasteiger partial charge >= 0.3 is 12.3 Å². The maximum absolute atomic E-state index is 12.2. The highest BCUT2D eigenvalue weighted by molar-refractivity contribution is 5.67. The predicted octanol–water partition coefficient (Wildman–Crippen LogP) is 3.92. The molecule has 0 atom stereocenters. The number of carbonyl (C=O) groups excluding carboxylic acids is 1. The lowest BCUT2D eigenvalue weighted by Gasteiger charge is -2.29. The molecule has 3 nitrogen and oxygen atoms in total. The topological polar surface area (TPSA) is 35.5 Å². The van der Waals surface area contributed by atoms with Gasteiger partial charge in [-0.1, -0.05) is 12.1 Å². The van der Waals surface area contributed by atoms with E-state index in [0.29, 0.717) is 18.4 Å². The van der Waals surface area contributed by atoms with Crippen LogP contribution in [0.5, 0.6) is 5.75 Å². The molecular formula is C14H15F3O3. The third kappa shape index (κ3) is 3.43. The minimum atomic E-state index is -4.73. The minimum Gasteiger partial charge on any atom is -0.454 e. The summed E-state index contributed by atoms with van der Waals surface area (Å²) in [5, 5.41) is 0. The van der Waals surface area contributed by atoms with E-state index in [2.05, 4.69) is 4.74 Å². The van der Waals surface area contributed by atoms with Crippen LogP contribution in [-0.2, 0) is 15.1 Å². The SMILES string of the molecule is CC(=O)OC1(c2cccc(OC(F)(F)F)c2)CCCC1. The molecule has 0 unspecified atom stereocenters. The van der Waals surface area contributed by atoms with Crippen LogP contribution < -0.4 is 4.74 Å². The van der Waals surface area contributed by atoms with Crippen LogP contribution in [0, 0.1) is 0 Å². The van der Waals surface area contributed by atoms with Crippen LogP contribution in [0.1, 0.15) is 38.2 Å². The number of carbonyl (C=O) groups is 1. The van der Waals surface area contributed by atoms with Crippen molar-refractivity contribution >= 4 is 5.97 Å². The van der Waals surface area contributed by atoms with Crippen molar-refractivity contribution in [1.29, 1.82) is 0 Å². The summed E-state index contributed by atoms with van der Waals surface area (Å²) in [5.41, 5.74) is -0.275. The Balaban J connectivity index is 2.30. The average Bonchev–Trinajstić information content (AvgIpc) is 2.76. The van der Waals surface area contributed by atoms with Gasteiger partial charge < -0.3 is 9.47 Å². The molecule has 1 fully saturated rings. The van der Waals surface area contributed by atoms with Gasteiger partial charge in [0.2, 0.25) is 0 Å². The maximum atomic E-state index is 12.2. The van der Waals surface area contributed by atoms with Gasteiger partial charge in [0, 0.05) is 6.92 Å². The van der Waals surface area contributed by atoms with Crippen LogP contribution in [0.15, 0.2) is 24.3 Å². The second kappa shape index (κ2) is 5.34. The molecule has 6 heteroatoms. The Kier molecular flexibility index (Phi) is 3.92. The molecule has 0 aliphatic heterocycles. The number of hydrogen-bond acceptors (Lipinski definition) is 3. The third-order valence-electron chi connectivity index (χ3n) is 3.34. The van der Waals surface area contributed by atoms with Crippen molar-refractivity contribution in [3.05, 3.63) is 29.8 Å². The zero-order chi connectivity index (χ0) is 14.8. The average molecular weight is 288 g/mol. The molecule has 0 amide bonds. The molecule has 1 saturated carbocycles. The van der Waals surface area contributed by atoms with E-state index in [-0.39, 0.29) is 5.75 Å². The van der Waals surface area contributed by atoms with Crippen molar-refractivity contribution in [2.75, 3.05) is 0 Å². The van der Waals surface area contributed by atoms with Crippen molar-refractivity contribution in [3.8, 4) is 5.75 Å². The third-order valence-corrected chi connectivity index (χ3v) is 3.34. The summed E-state index contributed by atoms with van der Waals surface area (Å²) in [5.74, 6) is -0.734. The first kappa shape index (κ1) is 14.7. The van der Waals surface area contributed by atoms with Crippen LogP contribution in [-0.4, -0.2) is 12.3 Å². The van der Waals surface area contributed by atoms with E-state index >= 15 is 0 Å². The first-order chi connectivity index (χ1) is 9.31. The molecule has 0 N–H and O–H groups in total. The number of hydrogen-bond donors (Lipinski definition) is 0. The molecule has 1 aromatic carbocycles. The number of rotatable bonds is 3. The number of benzene rings is 1. The zero-order valence-corrected chi connectivity index (χ0v) is 11.0. The Morgan fingerprint density at radius 3 is 2.45 bits per heavy atom. The number of alkyl halides is 3. The molecule has 0 heterocycles. The Bertz CT molecular complexity index is 491. The molecule has 1 aliphatic rings. The molecule has 0 radical (unpaired) electrons. The minimum absolute atomic E-state index is 0.298. The highest BCUT2D eigenvalue weighted by Crippen LogP contribution is 2.43. The largest absolute Gasteiger partial charge is 0.573 e. The lowest BCUT2D eigenvalue weighted by atomic mass is 9.91. The number of ether oxygens (including phenoxy) is 2. The van der Waals surface area contributed by atoms with Crippen LogP contribution >= 0.6 is 0 Å². The highest BCUT2D eigenvalue weighted by Gasteiger charge is 2.39. The van der Waals surface area contributed by atoms with Gasteiger partial charge in [-0.05, 0) is 43.4 Å². The van der Waals surface area contributed by atoms with Gasteiger partial charge in [0.05, 0.1) is 0 Å². The van der Waals surface area contributed by atoms with E-state index in [4.69, 9.17) is 4.74 Å². The molecule has 0 aromatic heterocycles. The fraction of sp³-hybridized carbons (Fsp3) is 0.500. The van der Waals surface area contributed by atoms with Gasteiger partial charge in [0.15, 0.2) is 0 Å². The van der Waals surface area contributed by atoms with Gasteiger partial charge in [-0.3, -0.25) is 4.79 Å². The van der Waals surface area contributed by atoms with Crippen molar-refractivity contribution in [2.24, 2.45) is 0 Å². The summed E-state index contributed by atoms with van der Waals surface area (Å²) in [4.78, 5) is 11.3. The van der Waals surface area contributed by atoms with Crippen molar-refractivity contribution in [2.45, 2.75) is 44.6 Å². The summed E-state index contributed by atoms with van der Waals surface area (Å²) in [6.07, 6.45) is -1.76. The number of halogens is 3. The summed E-state index contributed by atoms with van der Waals surface area (Å²) >= 11 is 0. The summed E-state index contributed by atoms with van der Waals surface area (Å²) in [6, 6.07) is 5.66. The summed E-state index contributed by atoms with van der Waals surface area (Å²) < 4.78 is 46.1. The van der Waals surface area contributed by atoms with Gasteiger partial charge in [-0.2, -0.15) is 0 Å². The smallest absolute Gasteiger partial charge is 0.454 e. The van der Waals surface area contributed by atoms with Crippen molar-refractivity contribution in [1.82, 2.24) is 0 Å². The Hall–Kier alpha value is -1.72. The Morgan fingerprint density at radius 2 is 1.90 bits per heavy atom. The van der Waals surface area contributed by atoms with Gasteiger partial charge in [-0.15, -0.1) is 13.2 Å². The Labute approximate surface area is 114 Å². The first-order valence-corrected chi connectivity index (χ1v) is 6.37. The molecule has 0 saturated heterocycles. The van der Waals surface area contributed by atoms with Crippen molar-refractivity contribution < 1.29 is 27.4 Å². The van der Waals surface area contributed by atoms with Gasteiger partial charge in [0.25, 0.3) is 0 Å². The second-order valence-corrected chi connectivity index (χ2v) is 4.87. The van der Waals surface area contributed by atoms with E-state index < -0.39 is 17.9 Å². The van der Waals surface area contributed by atoms with Gasteiger partial charge in [-0.25, -0.2) is 0 Å². The van der Waals surface area contributed by atoms with E-state index in [0.717, 1.165) is 12.8 Å². The quantitative estimate of drug-likeness (QED) is 0.791. The van der Waals surface area contributed by atoms with E-state index in [1.165, 1.54) is 25.1 Å². The standard InChI is InChI=1S/C14H15F3O3/c1-10(18)19-13(7-2-3-8-13)11-5-4-6-12(9-11)20-14(15,16)17/h4-6,9H,2-3,7-8H2,1H3. The fourth-order valence-electron chi connectivity index (χ4n) is 2.65. The molecule has 1 aliphatic carbocycles. The summed E-state index contributed by atoms with van der Waals surface area (Å²) in [7, 11) is 0. The lowest BCUT2D eigenvalue weighted by molar-refractivity contribution is -0.274. The van der Waals surface area contributed by atoms with E-state index in [1.54, 1.807) is 6.07 Å². The fourth-order valence-corrected chi connectivity index (χ4v) is 2.65. The first-order valence-electron chi connectivity index (χ1n) is 6.37. The summed E-state index contributed by atoms with van der Waals surface area (Å²) in [6.45, 7) is 1.30. The van der Waals surface area contributed by atoms with Crippen LogP contribution in [0.25, 0.3) is 0 Å². The molecular weight excluding hydrogens is 273 g/mol. The molecule has 1 aromatic rings. The number of esters is 1. The normalized spacial score (nSPS) is 17.8. The van der Waals surface area contributed by atoms with Crippen LogP contribution in [0.2, 0.25) is 0 Å².